The Kier molecular flexibility index (Phi) is 6.07. The van der Waals surface area contributed by atoms with E-state index in [1.165, 1.54) is 12.1 Å². The van der Waals surface area contributed by atoms with Gasteiger partial charge < -0.3 is 5.32 Å². The number of hydrogen-bond donors (Lipinski definition) is 1. The van der Waals surface area contributed by atoms with Gasteiger partial charge in [-0.3, -0.25) is 0 Å². The molecule has 0 bridgehead atoms. The van der Waals surface area contributed by atoms with Crippen molar-refractivity contribution in [2.24, 2.45) is 0 Å². The maximum absolute atomic E-state index is 12.4. The van der Waals surface area contributed by atoms with Gasteiger partial charge in [0.05, 0.1) is 4.90 Å². The lowest BCUT2D eigenvalue weighted by Crippen LogP contribution is -2.23. The number of sulfone groups is 1. The van der Waals surface area contributed by atoms with E-state index in [4.69, 9.17) is 0 Å². The number of hydrogen-bond acceptors (Lipinski definition) is 3. The predicted molar refractivity (Wildman–Crippen MR) is 76.9 cm³/mol. The number of benzene rings is 1. The van der Waals surface area contributed by atoms with Crippen LogP contribution < -0.4 is 5.32 Å². The van der Waals surface area contributed by atoms with Crippen molar-refractivity contribution in [2.45, 2.75) is 56.0 Å². The number of anilines is 1. The Morgan fingerprint density at radius 3 is 2.19 bits per heavy atom. The molecule has 1 unspecified atom stereocenters. The summed E-state index contributed by atoms with van der Waals surface area (Å²) in [5, 5.41) is 3.14. The highest BCUT2D eigenvalue weighted by Crippen LogP contribution is 2.30. The van der Waals surface area contributed by atoms with E-state index < -0.39 is 20.2 Å². The van der Waals surface area contributed by atoms with Crippen LogP contribution in [0.5, 0.6) is 0 Å². The molecule has 0 fully saturated rings. The lowest BCUT2D eigenvalue weighted by molar-refractivity contribution is -0.0436. The molecule has 0 spiro atoms. The number of rotatable bonds is 7. The van der Waals surface area contributed by atoms with Gasteiger partial charge in [0, 0.05) is 11.7 Å². The summed E-state index contributed by atoms with van der Waals surface area (Å²) in [4.78, 5) is -0.737. The molecular weight excluding hydrogens is 303 g/mol. The largest absolute Gasteiger partial charge is 0.501 e. The van der Waals surface area contributed by atoms with Crippen molar-refractivity contribution in [3.8, 4) is 0 Å². The average Bonchev–Trinajstić information content (AvgIpc) is 2.38. The zero-order valence-corrected chi connectivity index (χ0v) is 12.9. The SMILES string of the molecule is CCCCCC(C)Nc1ccc(S(=O)(=O)C(F)(F)F)cc1. The number of nitrogens with one attached hydrogen (secondary N) is 1. The summed E-state index contributed by atoms with van der Waals surface area (Å²) in [6, 6.07) is 4.85. The zero-order chi connectivity index (χ0) is 16.1. The quantitative estimate of drug-likeness (QED) is 0.758. The number of alkyl halides is 3. The van der Waals surface area contributed by atoms with Gasteiger partial charge in [-0.15, -0.1) is 0 Å². The molecule has 7 heteroatoms. The number of halogens is 3. The van der Waals surface area contributed by atoms with Gasteiger partial charge in [-0.2, -0.15) is 13.2 Å². The van der Waals surface area contributed by atoms with Crippen molar-refractivity contribution in [1.82, 2.24) is 0 Å². The first kappa shape index (κ1) is 17.8. The van der Waals surface area contributed by atoms with E-state index in [2.05, 4.69) is 12.2 Å². The topological polar surface area (TPSA) is 46.2 Å². The van der Waals surface area contributed by atoms with Gasteiger partial charge in [-0.05, 0) is 37.6 Å². The first-order chi connectivity index (χ1) is 9.68. The third-order valence-corrected chi connectivity index (χ3v) is 4.63. The summed E-state index contributed by atoms with van der Waals surface area (Å²) in [5.41, 5.74) is -4.66. The number of unbranched alkanes of at least 4 members (excludes halogenated alkanes) is 2. The Balaban J connectivity index is 2.71. The molecule has 1 aromatic rings. The van der Waals surface area contributed by atoms with Crippen LogP contribution in [0.15, 0.2) is 29.2 Å². The van der Waals surface area contributed by atoms with Crippen LogP contribution in [0.25, 0.3) is 0 Å². The van der Waals surface area contributed by atoms with E-state index >= 15 is 0 Å². The van der Waals surface area contributed by atoms with Crippen molar-refractivity contribution in [1.29, 1.82) is 0 Å². The summed E-state index contributed by atoms with van der Waals surface area (Å²) in [6.07, 6.45) is 4.28. The fourth-order valence-corrected chi connectivity index (χ4v) is 2.68. The standard InChI is InChI=1S/C14H20F3NO2S/c1-3-4-5-6-11(2)18-12-7-9-13(10-8-12)21(19,20)14(15,16)17/h7-11,18H,3-6H2,1-2H3. The van der Waals surface area contributed by atoms with Crippen molar-refractivity contribution in [3.63, 3.8) is 0 Å². The summed E-state index contributed by atoms with van der Waals surface area (Å²) >= 11 is 0. The Morgan fingerprint density at radius 1 is 1.14 bits per heavy atom. The molecule has 0 aliphatic carbocycles. The normalized spacial score (nSPS) is 14.0. The molecule has 3 nitrogen and oxygen atoms in total. The minimum atomic E-state index is -5.27. The third-order valence-electron chi connectivity index (χ3n) is 3.12. The van der Waals surface area contributed by atoms with E-state index in [9.17, 15) is 21.6 Å². The van der Waals surface area contributed by atoms with Crippen LogP contribution in [0.1, 0.15) is 39.5 Å². The van der Waals surface area contributed by atoms with E-state index in [-0.39, 0.29) is 6.04 Å². The second kappa shape index (κ2) is 7.15. The average molecular weight is 323 g/mol. The maximum Gasteiger partial charge on any atom is 0.501 e. The summed E-state index contributed by atoms with van der Waals surface area (Å²) in [5.74, 6) is 0. The van der Waals surface area contributed by atoms with E-state index in [0.717, 1.165) is 37.8 Å². The van der Waals surface area contributed by atoms with Crippen molar-refractivity contribution in [3.05, 3.63) is 24.3 Å². The van der Waals surface area contributed by atoms with Gasteiger partial charge in [0.2, 0.25) is 0 Å². The highest BCUT2D eigenvalue weighted by molar-refractivity contribution is 7.92. The molecule has 1 atom stereocenters. The van der Waals surface area contributed by atoms with E-state index in [1.807, 2.05) is 6.92 Å². The van der Waals surface area contributed by atoms with Gasteiger partial charge in [-0.1, -0.05) is 26.2 Å². The van der Waals surface area contributed by atoms with Crippen LogP contribution in [0.3, 0.4) is 0 Å². The molecule has 1 rings (SSSR count). The summed E-state index contributed by atoms with van der Waals surface area (Å²) in [7, 11) is -5.27. The molecule has 21 heavy (non-hydrogen) atoms. The van der Waals surface area contributed by atoms with Crippen LogP contribution in [-0.4, -0.2) is 20.0 Å². The molecule has 1 N–H and O–H groups in total. The van der Waals surface area contributed by atoms with E-state index in [0.29, 0.717) is 5.69 Å². The highest BCUT2D eigenvalue weighted by Gasteiger charge is 2.46. The van der Waals surface area contributed by atoms with Crippen molar-refractivity contribution in [2.75, 3.05) is 5.32 Å². The minimum Gasteiger partial charge on any atom is -0.383 e. The molecule has 1 aromatic carbocycles. The third kappa shape index (κ3) is 4.91. The molecule has 0 saturated carbocycles. The molecule has 0 aliphatic heterocycles. The zero-order valence-electron chi connectivity index (χ0n) is 12.1. The highest BCUT2D eigenvalue weighted by atomic mass is 32.2. The fraction of sp³-hybridized carbons (Fsp3) is 0.571. The Hall–Kier alpha value is -1.24. The molecule has 0 heterocycles. The van der Waals surface area contributed by atoms with Gasteiger partial charge in [0.15, 0.2) is 0 Å². The second-order valence-corrected chi connectivity index (χ2v) is 6.96. The minimum absolute atomic E-state index is 0.182. The van der Waals surface area contributed by atoms with Crippen LogP contribution in [-0.2, 0) is 9.84 Å². The molecule has 120 valence electrons. The first-order valence-corrected chi connectivity index (χ1v) is 8.34. The van der Waals surface area contributed by atoms with Crippen LogP contribution in [0.4, 0.5) is 18.9 Å². The Labute approximate surface area is 123 Å². The predicted octanol–water partition coefficient (Wildman–Crippen LogP) is 4.36. The molecular formula is C14H20F3NO2S. The smallest absolute Gasteiger partial charge is 0.383 e. The van der Waals surface area contributed by atoms with Crippen LogP contribution in [0, 0.1) is 0 Å². The van der Waals surface area contributed by atoms with Crippen molar-refractivity contribution >= 4 is 15.5 Å². The van der Waals surface area contributed by atoms with Crippen molar-refractivity contribution < 1.29 is 21.6 Å². The lowest BCUT2D eigenvalue weighted by Gasteiger charge is -2.15. The van der Waals surface area contributed by atoms with Gasteiger partial charge in [-0.25, -0.2) is 8.42 Å². The summed E-state index contributed by atoms with van der Waals surface area (Å²) < 4.78 is 59.6. The fourth-order valence-electron chi connectivity index (χ4n) is 1.92. The molecule has 0 saturated heterocycles. The van der Waals surface area contributed by atoms with Gasteiger partial charge in [0.25, 0.3) is 9.84 Å². The van der Waals surface area contributed by atoms with Gasteiger partial charge >= 0.3 is 5.51 Å². The molecule has 0 amide bonds. The second-order valence-electron chi connectivity index (χ2n) is 5.01. The summed E-state index contributed by atoms with van der Waals surface area (Å²) in [6.45, 7) is 4.09. The maximum atomic E-state index is 12.4. The lowest BCUT2D eigenvalue weighted by atomic mass is 10.1. The Bertz CT molecular complexity index is 538. The monoisotopic (exact) mass is 323 g/mol. The first-order valence-electron chi connectivity index (χ1n) is 6.86. The molecule has 0 aromatic heterocycles. The van der Waals surface area contributed by atoms with Crippen LogP contribution >= 0.6 is 0 Å². The molecule has 0 aliphatic rings. The van der Waals surface area contributed by atoms with Gasteiger partial charge in [0.1, 0.15) is 0 Å². The van der Waals surface area contributed by atoms with E-state index in [1.54, 1.807) is 0 Å². The van der Waals surface area contributed by atoms with Crippen LogP contribution in [0.2, 0.25) is 0 Å². The molecule has 0 radical (unpaired) electrons. The Morgan fingerprint density at radius 2 is 1.71 bits per heavy atom.